The monoisotopic (exact) mass is 484 g/mol. The molecule has 3 rings (SSSR count). The second-order valence-corrected chi connectivity index (χ2v) is 8.99. The van der Waals surface area contributed by atoms with Crippen molar-refractivity contribution in [3.63, 3.8) is 0 Å². The summed E-state index contributed by atoms with van der Waals surface area (Å²) in [5, 5.41) is 14.8. The third-order valence-electron chi connectivity index (χ3n) is 4.25. The summed E-state index contributed by atoms with van der Waals surface area (Å²) in [5.41, 5.74) is 1.23. The Morgan fingerprint density at radius 2 is 1.38 bits per heavy atom. The molecule has 1 heterocycles. The van der Waals surface area contributed by atoms with E-state index in [1.165, 1.54) is 5.56 Å². The van der Waals surface area contributed by atoms with Crippen molar-refractivity contribution >= 4 is 37.9 Å². The number of hydrogen-bond donors (Lipinski definition) is 2. The number of sulfonamides is 1. The van der Waals surface area contributed by atoms with E-state index in [9.17, 15) is 8.42 Å². The summed E-state index contributed by atoms with van der Waals surface area (Å²) in [6.07, 6.45) is 0. The molecule has 0 amide bonds. The Labute approximate surface area is 177 Å². The average molecular weight is 485 g/mol. The third-order valence-corrected chi connectivity index (χ3v) is 6.93. The second-order valence-electron chi connectivity index (χ2n) is 6.20. The lowest BCUT2D eigenvalue weighted by atomic mass is 10.2. The highest BCUT2D eigenvalue weighted by atomic mass is 79.9. The molecule has 1 fully saturated rings. The van der Waals surface area contributed by atoms with Crippen LogP contribution in [0.1, 0.15) is 5.56 Å². The van der Waals surface area contributed by atoms with Crippen molar-refractivity contribution < 1.29 is 28.2 Å². The summed E-state index contributed by atoms with van der Waals surface area (Å²) >= 11 is 3.56. The molecule has 0 bridgehead atoms. The van der Waals surface area contributed by atoms with Crippen LogP contribution in [0.5, 0.6) is 0 Å². The van der Waals surface area contributed by atoms with E-state index in [4.69, 9.17) is 19.8 Å². The number of hydrogen-bond acceptors (Lipinski definition) is 5. The first kappa shape index (κ1) is 23.0. The lowest BCUT2D eigenvalue weighted by Gasteiger charge is -2.34. The van der Waals surface area contributed by atoms with E-state index in [2.05, 4.69) is 26.9 Å². The molecule has 8 nitrogen and oxygen atoms in total. The average Bonchev–Trinajstić information content (AvgIpc) is 2.71. The summed E-state index contributed by atoms with van der Waals surface area (Å²) in [4.78, 5) is 20.9. The number of halogens is 1. The van der Waals surface area contributed by atoms with Gasteiger partial charge in [-0.25, -0.2) is 18.0 Å². The van der Waals surface area contributed by atoms with Crippen molar-refractivity contribution in [1.82, 2.24) is 9.21 Å². The van der Waals surface area contributed by atoms with Gasteiger partial charge in [-0.05, 0) is 23.8 Å². The van der Waals surface area contributed by atoms with Crippen LogP contribution in [0.25, 0.3) is 0 Å². The molecule has 2 aromatic carbocycles. The van der Waals surface area contributed by atoms with Gasteiger partial charge in [0.1, 0.15) is 0 Å². The van der Waals surface area contributed by atoms with Gasteiger partial charge >= 0.3 is 11.9 Å². The van der Waals surface area contributed by atoms with Crippen molar-refractivity contribution in [3.8, 4) is 0 Å². The van der Waals surface area contributed by atoms with Crippen molar-refractivity contribution in [2.45, 2.75) is 11.4 Å². The number of aliphatic carboxylic acids is 2. The lowest BCUT2D eigenvalue weighted by Crippen LogP contribution is -2.48. The smallest absolute Gasteiger partial charge is 0.414 e. The zero-order valence-corrected chi connectivity index (χ0v) is 17.8. The molecule has 0 atom stereocenters. The van der Waals surface area contributed by atoms with Crippen LogP contribution in [-0.4, -0.2) is 66.0 Å². The highest BCUT2D eigenvalue weighted by molar-refractivity contribution is 9.10. The van der Waals surface area contributed by atoms with Crippen LogP contribution < -0.4 is 0 Å². The topological polar surface area (TPSA) is 115 Å². The first-order valence-electron chi connectivity index (χ1n) is 8.69. The molecule has 1 saturated heterocycles. The Morgan fingerprint density at radius 3 is 1.90 bits per heavy atom. The predicted octanol–water partition coefficient (Wildman–Crippen LogP) is 2.11. The molecule has 156 valence electrons. The van der Waals surface area contributed by atoms with Gasteiger partial charge in [-0.2, -0.15) is 4.31 Å². The minimum atomic E-state index is -3.37. The van der Waals surface area contributed by atoms with Crippen molar-refractivity contribution in [1.29, 1.82) is 0 Å². The van der Waals surface area contributed by atoms with Gasteiger partial charge in [-0.1, -0.05) is 52.3 Å². The van der Waals surface area contributed by atoms with Gasteiger partial charge in [0.2, 0.25) is 10.0 Å². The Morgan fingerprint density at radius 1 is 0.862 bits per heavy atom. The molecule has 1 aliphatic rings. The van der Waals surface area contributed by atoms with E-state index < -0.39 is 22.0 Å². The van der Waals surface area contributed by atoms with Crippen LogP contribution in [0.3, 0.4) is 0 Å². The molecule has 2 aromatic rings. The van der Waals surface area contributed by atoms with Crippen LogP contribution in [0.15, 0.2) is 64.0 Å². The Hall–Kier alpha value is -2.27. The highest BCUT2D eigenvalue weighted by Gasteiger charge is 2.28. The summed E-state index contributed by atoms with van der Waals surface area (Å²) in [6, 6.07) is 16.8. The predicted molar refractivity (Wildman–Crippen MR) is 110 cm³/mol. The van der Waals surface area contributed by atoms with E-state index in [0.29, 0.717) is 18.0 Å². The van der Waals surface area contributed by atoms with E-state index >= 15 is 0 Å². The maximum absolute atomic E-state index is 12.6. The Bertz CT molecular complexity index is 932. The SMILES string of the molecule is O=C(O)C(=O)O.O=S(=O)(c1ccccc1)N1CCN(Cc2ccccc2Br)CC1. The fourth-order valence-electron chi connectivity index (χ4n) is 2.74. The van der Waals surface area contributed by atoms with Gasteiger partial charge in [-0.15, -0.1) is 0 Å². The maximum Gasteiger partial charge on any atom is 0.414 e. The number of piperazine rings is 1. The van der Waals surface area contributed by atoms with Gasteiger partial charge in [0, 0.05) is 37.2 Å². The van der Waals surface area contributed by atoms with Crippen molar-refractivity contribution in [2.75, 3.05) is 26.2 Å². The van der Waals surface area contributed by atoms with E-state index in [0.717, 1.165) is 24.1 Å². The molecule has 29 heavy (non-hydrogen) atoms. The first-order chi connectivity index (χ1) is 13.7. The molecular weight excluding hydrogens is 464 g/mol. The zero-order chi connectivity index (χ0) is 21.4. The van der Waals surface area contributed by atoms with Gasteiger partial charge in [0.15, 0.2) is 0 Å². The van der Waals surface area contributed by atoms with Gasteiger partial charge in [0.25, 0.3) is 0 Å². The number of nitrogens with zero attached hydrogens (tertiary/aromatic N) is 2. The number of carbonyl (C=O) groups is 2. The molecule has 0 unspecified atom stereocenters. The standard InChI is InChI=1S/C17H19BrN2O2S.C2H2O4/c18-17-9-5-4-6-15(17)14-19-10-12-20(13-11-19)23(21,22)16-7-2-1-3-8-16;3-1(4)2(5)6/h1-9H,10-14H2;(H,3,4)(H,5,6). The summed E-state index contributed by atoms with van der Waals surface area (Å²) in [7, 11) is -3.37. The fraction of sp³-hybridized carbons (Fsp3) is 0.263. The molecular formula is C19H21BrN2O6S. The van der Waals surface area contributed by atoms with E-state index in [-0.39, 0.29) is 0 Å². The molecule has 1 aliphatic heterocycles. The molecule has 0 aliphatic carbocycles. The molecule has 0 radical (unpaired) electrons. The van der Waals surface area contributed by atoms with Gasteiger partial charge in [0.05, 0.1) is 4.90 Å². The molecule has 2 N–H and O–H groups in total. The van der Waals surface area contributed by atoms with Crippen molar-refractivity contribution in [2.24, 2.45) is 0 Å². The number of benzene rings is 2. The number of carboxylic acids is 2. The molecule has 0 aromatic heterocycles. The minimum absolute atomic E-state index is 0.374. The number of carboxylic acid groups (broad SMARTS) is 2. The summed E-state index contributed by atoms with van der Waals surface area (Å²) in [5.74, 6) is -3.65. The maximum atomic E-state index is 12.6. The van der Waals surface area contributed by atoms with Crippen LogP contribution in [0.4, 0.5) is 0 Å². The minimum Gasteiger partial charge on any atom is -0.473 e. The first-order valence-corrected chi connectivity index (χ1v) is 10.9. The Kier molecular flexibility index (Phi) is 8.32. The quantitative estimate of drug-likeness (QED) is 0.638. The van der Waals surface area contributed by atoms with Crippen LogP contribution in [0.2, 0.25) is 0 Å². The second kappa shape index (κ2) is 10.5. The normalized spacial score (nSPS) is 15.2. The highest BCUT2D eigenvalue weighted by Crippen LogP contribution is 2.21. The van der Waals surface area contributed by atoms with Crippen molar-refractivity contribution in [3.05, 3.63) is 64.6 Å². The molecule has 0 spiro atoms. The van der Waals surface area contributed by atoms with E-state index in [1.807, 2.05) is 24.3 Å². The summed E-state index contributed by atoms with van der Waals surface area (Å²) in [6.45, 7) is 3.38. The molecule has 10 heteroatoms. The fourth-order valence-corrected chi connectivity index (χ4v) is 4.59. The molecule has 0 saturated carbocycles. The number of rotatable bonds is 4. The van der Waals surface area contributed by atoms with Crippen LogP contribution >= 0.6 is 15.9 Å². The Balaban J connectivity index is 0.000000438. The van der Waals surface area contributed by atoms with E-state index in [1.54, 1.807) is 28.6 Å². The third kappa shape index (κ3) is 6.64. The largest absolute Gasteiger partial charge is 0.473 e. The van der Waals surface area contributed by atoms with Gasteiger partial charge < -0.3 is 10.2 Å². The van der Waals surface area contributed by atoms with Gasteiger partial charge in [-0.3, -0.25) is 4.90 Å². The zero-order valence-electron chi connectivity index (χ0n) is 15.4. The summed E-state index contributed by atoms with van der Waals surface area (Å²) < 4.78 is 27.9. The van der Waals surface area contributed by atoms with Crippen LogP contribution in [0, 0.1) is 0 Å². The lowest BCUT2D eigenvalue weighted by molar-refractivity contribution is -0.159. The van der Waals surface area contributed by atoms with Crippen LogP contribution in [-0.2, 0) is 26.2 Å².